The van der Waals surface area contributed by atoms with Gasteiger partial charge in [0, 0.05) is 12.1 Å². The Morgan fingerprint density at radius 1 is 1.19 bits per heavy atom. The third-order valence-electron chi connectivity index (χ3n) is 4.26. The van der Waals surface area contributed by atoms with Crippen LogP contribution in [-0.4, -0.2) is 28.7 Å². The van der Waals surface area contributed by atoms with Crippen LogP contribution in [0, 0.1) is 5.82 Å². The predicted molar refractivity (Wildman–Crippen MR) is 104 cm³/mol. The molecule has 140 valence electrons. The number of halogens is 1. The lowest BCUT2D eigenvalue weighted by Crippen LogP contribution is -2.32. The maximum absolute atomic E-state index is 12.9. The Morgan fingerprint density at radius 3 is 2.59 bits per heavy atom. The number of hydrogen-bond donors (Lipinski definition) is 1. The molecule has 2 aromatic carbocycles. The molecule has 3 rings (SSSR count). The van der Waals surface area contributed by atoms with Gasteiger partial charge in [0.25, 0.3) is 0 Å². The zero-order valence-corrected chi connectivity index (χ0v) is 15.6. The van der Waals surface area contributed by atoms with Crippen LogP contribution in [0.5, 0.6) is 0 Å². The van der Waals surface area contributed by atoms with Crippen LogP contribution in [0.2, 0.25) is 0 Å². The van der Waals surface area contributed by atoms with Gasteiger partial charge in [-0.15, -0.1) is 11.8 Å². The molecule has 0 radical (unpaired) electrons. The van der Waals surface area contributed by atoms with Crippen LogP contribution in [0.3, 0.4) is 0 Å². The number of carbonyl (C=O) groups is 3. The van der Waals surface area contributed by atoms with E-state index in [0.717, 1.165) is 17.3 Å². The second-order valence-corrected chi connectivity index (χ2v) is 7.30. The monoisotopic (exact) mass is 386 g/mol. The quantitative estimate of drug-likeness (QED) is 0.773. The minimum absolute atomic E-state index is 0.0321. The molecular formula is C20H19FN2O3S. The van der Waals surface area contributed by atoms with Gasteiger partial charge >= 0.3 is 0 Å². The van der Waals surface area contributed by atoms with E-state index in [1.165, 1.54) is 29.2 Å². The van der Waals surface area contributed by atoms with Gasteiger partial charge < -0.3 is 5.32 Å². The van der Waals surface area contributed by atoms with E-state index in [9.17, 15) is 18.8 Å². The normalized spacial score (nSPS) is 16.7. The highest BCUT2D eigenvalue weighted by Gasteiger charge is 2.40. The topological polar surface area (TPSA) is 66.5 Å². The molecule has 1 aliphatic heterocycles. The van der Waals surface area contributed by atoms with Crippen molar-refractivity contribution >= 4 is 40.9 Å². The molecule has 0 spiro atoms. The summed E-state index contributed by atoms with van der Waals surface area (Å²) in [5, 5.41) is 2.06. The first-order chi connectivity index (χ1) is 13.0. The van der Waals surface area contributed by atoms with E-state index in [4.69, 9.17) is 0 Å². The standard InChI is InChI=1S/C20H19FN2O3S/c1-2-13-5-3-4-6-16(13)23-19(25)11-17(20(23)26)27-12-18(24)22-15-9-7-14(21)8-10-15/h3-10,17H,2,11-12H2,1H3,(H,22,24)/t17-/m1/s1. The van der Waals surface area contributed by atoms with E-state index >= 15 is 0 Å². The fraction of sp³-hybridized carbons (Fsp3) is 0.250. The molecule has 0 aliphatic carbocycles. The third kappa shape index (κ3) is 4.36. The van der Waals surface area contributed by atoms with E-state index < -0.39 is 5.25 Å². The molecule has 0 unspecified atom stereocenters. The summed E-state index contributed by atoms with van der Waals surface area (Å²) in [6.07, 6.45) is 0.788. The number of benzene rings is 2. The Labute approximate surface area is 160 Å². The zero-order valence-electron chi connectivity index (χ0n) is 14.8. The van der Waals surface area contributed by atoms with Crippen molar-refractivity contribution in [2.45, 2.75) is 25.0 Å². The first-order valence-electron chi connectivity index (χ1n) is 8.61. The molecule has 0 saturated carbocycles. The molecule has 27 heavy (non-hydrogen) atoms. The van der Waals surface area contributed by atoms with Crippen molar-refractivity contribution in [2.75, 3.05) is 16.0 Å². The number of para-hydroxylation sites is 1. The van der Waals surface area contributed by atoms with Crippen molar-refractivity contribution in [3.05, 3.63) is 59.9 Å². The van der Waals surface area contributed by atoms with Gasteiger partial charge in [0.05, 0.1) is 16.7 Å². The van der Waals surface area contributed by atoms with Crippen LogP contribution in [0.15, 0.2) is 48.5 Å². The van der Waals surface area contributed by atoms with Crippen LogP contribution >= 0.6 is 11.8 Å². The lowest BCUT2D eigenvalue weighted by Gasteiger charge is -2.18. The second kappa shape index (κ2) is 8.35. The van der Waals surface area contributed by atoms with Gasteiger partial charge in [-0.3, -0.25) is 14.4 Å². The molecule has 2 aromatic rings. The number of hydrogen-bond acceptors (Lipinski definition) is 4. The van der Waals surface area contributed by atoms with E-state index in [1.54, 1.807) is 12.1 Å². The fourth-order valence-corrected chi connectivity index (χ4v) is 3.86. The Bertz CT molecular complexity index is 870. The number of carbonyl (C=O) groups excluding carboxylic acids is 3. The minimum Gasteiger partial charge on any atom is -0.325 e. The Balaban J connectivity index is 1.61. The highest BCUT2D eigenvalue weighted by Crippen LogP contribution is 2.31. The Hall–Kier alpha value is -2.67. The lowest BCUT2D eigenvalue weighted by atomic mass is 10.1. The fourth-order valence-electron chi connectivity index (χ4n) is 2.92. The van der Waals surface area contributed by atoms with E-state index in [-0.39, 0.29) is 35.7 Å². The summed E-state index contributed by atoms with van der Waals surface area (Å²) in [5.41, 5.74) is 2.03. The van der Waals surface area contributed by atoms with E-state index in [1.807, 2.05) is 19.1 Å². The van der Waals surface area contributed by atoms with Crippen molar-refractivity contribution in [2.24, 2.45) is 0 Å². The number of imide groups is 1. The van der Waals surface area contributed by atoms with Gasteiger partial charge in [-0.05, 0) is 42.3 Å². The molecule has 0 bridgehead atoms. The van der Waals surface area contributed by atoms with E-state index in [0.29, 0.717) is 17.8 Å². The summed E-state index contributed by atoms with van der Waals surface area (Å²) in [4.78, 5) is 38.4. The van der Waals surface area contributed by atoms with Crippen LogP contribution < -0.4 is 10.2 Å². The molecular weight excluding hydrogens is 367 g/mol. The molecule has 1 heterocycles. The number of aryl methyl sites for hydroxylation is 1. The van der Waals surface area contributed by atoms with Crippen LogP contribution in [-0.2, 0) is 20.8 Å². The predicted octanol–water partition coefficient (Wildman–Crippen LogP) is 3.39. The van der Waals surface area contributed by atoms with Gasteiger partial charge in [0.1, 0.15) is 5.82 Å². The first-order valence-corrected chi connectivity index (χ1v) is 9.66. The number of nitrogens with zero attached hydrogens (tertiary/aromatic N) is 1. The van der Waals surface area contributed by atoms with Crippen LogP contribution in [0.25, 0.3) is 0 Å². The zero-order chi connectivity index (χ0) is 19.4. The molecule has 1 aliphatic rings. The Kier molecular flexibility index (Phi) is 5.91. The Morgan fingerprint density at radius 2 is 1.89 bits per heavy atom. The molecule has 1 fully saturated rings. The smallest absolute Gasteiger partial charge is 0.247 e. The maximum atomic E-state index is 12.9. The van der Waals surface area contributed by atoms with Gasteiger partial charge in [0.15, 0.2) is 0 Å². The highest BCUT2D eigenvalue weighted by atomic mass is 32.2. The molecule has 0 aromatic heterocycles. The number of thioether (sulfide) groups is 1. The van der Waals surface area contributed by atoms with Gasteiger partial charge in [-0.2, -0.15) is 0 Å². The molecule has 7 heteroatoms. The summed E-state index contributed by atoms with van der Waals surface area (Å²) >= 11 is 1.14. The summed E-state index contributed by atoms with van der Waals surface area (Å²) < 4.78 is 12.9. The maximum Gasteiger partial charge on any atom is 0.247 e. The van der Waals surface area contributed by atoms with Crippen molar-refractivity contribution < 1.29 is 18.8 Å². The largest absolute Gasteiger partial charge is 0.325 e. The SMILES string of the molecule is CCc1ccccc1N1C(=O)C[C@@H](SCC(=O)Nc2ccc(F)cc2)C1=O. The van der Waals surface area contributed by atoms with Gasteiger partial charge in [0.2, 0.25) is 17.7 Å². The minimum atomic E-state index is -0.582. The van der Waals surface area contributed by atoms with Gasteiger partial charge in [-0.25, -0.2) is 9.29 Å². The summed E-state index contributed by atoms with van der Waals surface area (Å²) in [6.45, 7) is 1.97. The number of anilines is 2. The van der Waals surface area contributed by atoms with Gasteiger partial charge in [-0.1, -0.05) is 25.1 Å². The number of nitrogens with one attached hydrogen (secondary N) is 1. The number of rotatable bonds is 6. The molecule has 1 saturated heterocycles. The van der Waals surface area contributed by atoms with Crippen LogP contribution in [0.1, 0.15) is 18.9 Å². The molecule has 1 atom stereocenters. The van der Waals surface area contributed by atoms with E-state index in [2.05, 4.69) is 5.32 Å². The number of amides is 3. The summed E-state index contributed by atoms with van der Waals surface area (Å²) in [5.74, 6) is -1.20. The van der Waals surface area contributed by atoms with Crippen molar-refractivity contribution in [1.82, 2.24) is 0 Å². The summed E-state index contributed by atoms with van der Waals surface area (Å²) in [6, 6.07) is 12.8. The second-order valence-electron chi connectivity index (χ2n) is 6.11. The molecule has 3 amide bonds. The third-order valence-corrected chi connectivity index (χ3v) is 5.46. The van der Waals surface area contributed by atoms with Crippen molar-refractivity contribution in [1.29, 1.82) is 0 Å². The van der Waals surface area contributed by atoms with Crippen molar-refractivity contribution in [3.8, 4) is 0 Å². The lowest BCUT2D eigenvalue weighted by molar-refractivity contribution is -0.121. The first kappa shape index (κ1) is 19.1. The highest BCUT2D eigenvalue weighted by molar-refractivity contribution is 8.01. The molecule has 5 nitrogen and oxygen atoms in total. The molecule has 1 N–H and O–H groups in total. The summed E-state index contributed by atoms with van der Waals surface area (Å²) in [7, 11) is 0. The average Bonchev–Trinajstić information content (AvgIpc) is 2.95. The van der Waals surface area contributed by atoms with Crippen LogP contribution in [0.4, 0.5) is 15.8 Å². The average molecular weight is 386 g/mol. The van der Waals surface area contributed by atoms with Crippen molar-refractivity contribution in [3.63, 3.8) is 0 Å².